The van der Waals surface area contributed by atoms with Gasteiger partial charge in [0.25, 0.3) is 0 Å². The Bertz CT molecular complexity index is 1480. The Morgan fingerprint density at radius 3 is 1.93 bits per heavy atom. The molecule has 2 aliphatic heterocycles. The maximum atomic E-state index is 13.4. The molecule has 0 spiro atoms. The van der Waals surface area contributed by atoms with E-state index < -0.39 is 107 Å². The van der Waals surface area contributed by atoms with Gasteiger partial charge in [0, 0.05) is 11.6 Å². The van der Waals surface area contributed by atoms with Crippen LogP contribution in [0.3, 0.4) is 0 Å². The van der Waals surface area contributed by atoms with Gasteiger partial charge in [-0.15, -0.1) is 0 Å². The fraction of sp³-hybridized carbons (Fsp3) is 0.444. The molecule has 2 saturated heterocycles. The van der Waals surface area contributed by atoms with Gasteiger partial charge in [-0.05, 0) is 31.2 Å². The van der Waals surface area contributed by atoms with Crippen LogP contribution < -0.4 is 5.43 Å². The minimum absolute atomic E-state index is 0.0774. The van der Waals surface area contributed by atoms with Crippen molar-refractivity contribution in [3.8, 4) is 28.6 Å². The zero-order valence-electron chi connectivity index (χ0n) is 21.5. The van der Waals surface area contributed by atoms with Crippen LogP contribution in [0.25, 0.3) is 22.3 Å². The average molecular weight is 579 g/mol. The van der Waals surface area contributed by atoms with E-state index in [9.17, 15) is 55.9 Å². The molecule has 0 unspecified atom stereocenters. The molecular formula is C27H30O14. The van der Waals surface area contributed by atoms with Crippen LogP contribution in [-0.4, -0.2) is 107 Å². The molecule has 0 bridgehead atoms. The summed E-state index contributed by atoms with van der Waals surface area (Å²) in [4.78, 5) is 13.4. The number of ether oxygens (including phenoxy) is 2. The average Bonchev–Trinajstić information content (AvgIpc) is 2.94. The monoisotopic (exact) mass is 578 g/mol. The van der Waals surface area contributed by atoms with Crippen molar-refractivity contribution in [1.29, 1.82) is 0 Å². The van der Waals surface area contributed by atoms with Crippen LogP contribution in [0.5, 0.6) is 17.2 Å². The van der Waals surface area contributed by atoms with Gasteiger partial charge in [0.05, 0.1) is 23.8 Å². The SMILES string of the molecule is C[C@H]1O[C@@H](c2c(O)c([C@@H]3O[C@H](CO)[C@@H](O)[C@H](O)[C@H]3O)c3oc(-c4ccc(O)cc4)cc(=O)c3c2O)[C@H](O)[C@@H](O)[C@@H]1O. The maximum absolute atomic E-state index is 13.4. The molecule has 14 heteroatoms. The van der Waals surface area contributed by atoms with E-state index in [2.05, 4.69) is 0 Å². The van der Waals surface area contributed by atoms with Crippen LogP contribution in [0, 0.1) is 0 Å². The lowest BCUT2D eigenvalue weighted by Crippen LogP contribution is -2.55. The Kier molecular flexibility index (Phi) is 7.71. The molecule has 10 N–H and O–H groups in total. The van der Waals surface area contributed by atoms with E-state index in [1.807, 2.05) is 0 Å². The van der Waals surface area contributed by atoms with Crippen molar-refractivity contribution in [2.24, 2.45) is 0 Å². The molecule has 2 fully saturated rings. The van der Waals surface area contributed by atoms with Crippen LogP contribution >= 0.6 is 0 Å². The van der Waals surface area contributed by atoms with E-state index in [0.717, 1.165) is 6.07 Å². The Hall–Kier alpha value is -3.31. The first-order chi connectivity index (χ1) is 19.4. The first-order valence-corrected chi connectivity index (χ1v) is 12.7. The molecule has 0 amide bonds. The molecule has 10 atom stereocenters. The van der Waals surface area contributed by atoms with Crippen LogP contribution in [-0.2, 0) is 9.47 Å². The van der Waals surface area contributed by atoms with Crippen molar-refractivity contribution in [3.63, 3.8) is 0 Å². The van der Waals surface area contributed by atoms with E-state index in [4.69, 9.17) is 13.9 Å². The summed E-state index contributed by atoms with van der Waals surface area (Å²) < 4.78 is 17.2. The lowest BCUT2D eigenvalue weighted by Gasteiger charge is -2.42. The topological polar surface area (TPSA) is 251 Å². The van der Waals surface area contributed by atoms with E-state index in [0.29, 0.717) is 5.56 Å². The number of fused-ring (bicyclic) bond motifs is 1. The van der Waals surface area contributed by atoms with Gasteiger partial charge in [-0.2, -0.15) is 0 Å². The third-order valence-corrected chi connectivity index (χ3v) is 7.66. The zero-order chi connectivity index (χ0) is 29.9. The van der Waals surface area contributed by atoms with Crippen molar-refractivity contribution in [3.05, 3.63) is 51.7 Å². The largest absolute Gasteiger partial charge is 0.508 e. The summed E-state index contributed by atoms with van der Waals surface area (Å²) >= 11 is 0. The second-order valence-electron chi connectivity index (χ2n) is 10.2. The highest BCUT2D eigenvalue weighted by atomic mass is 16.5. The highest BCUT2D eigenvalue weighted by Gasteiger charge is 2.49. The standard InChI is InChI=1S/C27H30O14/c1-8-17(31)21(35)23(37)26(39-8)15-19(33)14-11(30)6-12(9-2-4-10(29)5-3-9)40-25(14)16(20(15)34)27-24(38)22(36)18(32)13(7-28)41-27/h2-6,8,13,17-18,21-24,26-29,31-38H,7H2,1H3/t8-,13-,17-,18-,21+,22+,23-,24-,26+,27+/m1/s1. The molecule has 3 heterocycles. The number of benzene rings is 2. The summed E-state index contributed by atoms with van der Waals surface area (Å²) in [5.74, 6) is -2.01. The van der Waals surface area contributed by atoms with Crippen LogP contribution in [0.4, 0.5) is 0 Å². The van der Waals surface area contributed by atoms with E-state index in [1.54, 1.807) is 0 Å². The van der Waals surface area contributed by atoms with E-state index in [1.165, 1.54) is 31.2 Å². The number of phenols is 3. The fourth-order valence-electron chi connectivity index (χ4n) is 5.34. The normalized spacial score (nSPS) is 34.1. The van der Waals surface area contributed by atoms with Crippen molar-refractivity contribution >= 4 is 11.0 Å². The lowest BCUT2D eigenvalue weighted by atomic mass is 9.85. The minimum Gasteiger partial charge on any atom is -0.508 e. The van der Waals surface area contributed by atoms with Gasteiger partial charge in [0.1, 0.15) is 83.3 Å². The Morgan fingerprint density at radius 2 is 1.32 bits per heavy atom. The molecule has 5 rings (SSSR count). The smallest absolute Gasteiger partial charge is 0.197 e. The quantitative estimate of drug-likeness (QED) is 0.172. The molecule has 2 aromatic carbocycles. The molecule has 3 aromatic rings. The molecule has 0 aliphatic carbocycles. The number of rotatable bonds is 4. The summed E-state index contributed by atoms with van der Waals surface area (Å²) in [6, 6.07) is 6.48. The Labute approximate surface area is 231 Å². The number of phenolic OH excluding ortho intramolecular Hbond substituents is 3. The number of aliphatic hydroxyl groups excluding tert-OH is 7. The lowest BCUT2D eigenvalue weighted by molar-refractivity contribution is -0.232. The predicted molar refractivity (Wildman–Crippen MR) is 137 cm³/mol. The van der Waals surface area contributed by atoms with Crippen LogP contribution in [0.2, 0.25) is 0 Å². The van der Waals surface area contributed by atoms with Gasteiger partial charge >= 0.3 is 0 Å². The molecule has 2 aliphatic rings. The predicted octanol–water partition coefficient (Wildman–Crippen LogP) is -1.37. The van der Waals surface area contributed by atoms with Crippen molar-refractivity contribution < 1.29 is 65.0 Å². The summed E-state index contributed by atoms with van der Waals surface area (Å²) in [7, 11) is 0. The molecule has 222 valence electrons. The molecule has 41 heavy (non-hydrogen) atoms. The van der Waals surface area contributed by atoms with E-state index in [-0.39, 0.29) is 11.5 Å². The number of hydrogen-bond acceptors (Lipinski definition) is 14. The highest BCUT2D eigenvalue weighted by molar-refractivity contribution is 5.92. The Morgan fingerprint density at radius 1 is 0.732 bits per heavy atom. The number of hydrogen-bond donors (Lipinski definition) is 10. The van der Waals surface area contributed by atoms with Gasteiger partial charge < -0.3 is 65.0 Å². The van der Waals surface area contributed by atoms with Gasteiger partial charge in [-0.1, -0.05) is 0 Å². The fourth-order valence-corrected chi connectivity index (χ4v) is 5.34. The first kappa shape index (κ1) is 29.2. The van der Waals surface area contributed by atoms with Crippen molar-refractivity contribution in [1.82, 2.24) is 0 Å². The second kappa shape index (κ2) is 10.8. The van der Waals surface area contributed by atoms with Crippen LogP contribution in [0.1, 0.15) is 30.3 Å². The summed E-state index contributed by atoms with van der Waals surface area (Å²) in [5, 5.41) is 104. The first-order valence-electron chi connectivity index (χ1n) is 12.7. The summed E-state index contributed by atoms with van der Waals surface area (Å²) in [5.41, 5.74) is -2.20. The van der Waals surface area contributed by atoms with Crippen LogP contribution in [0.15, 0.2) is 39.5 Å². The molecule has 1 aromatic heterocycles. The third kappa shape index (κ3) is 4.72. The zero-order valence-corrected chi connectivity index (χ0v) is 21.5. The van der Waals surface area contributed by atoms with Gasteiger partial charge in [-0.3, -0.25) is 4.79 Å². The maximum Gasteiger partial charge on any atom is 0.197 e. The van der Waals surface area contributed by atoms with Crippen molar-refractivity contribution in [2.45, 2.75) is 68.0 Å². The molecule has 14 nitrogen and oxygen atoms in total. The van der Waals surface area contributed by atoms with Crippen molar-refractivity contribution in [2.75, 3.05) is 6.61 Å². The van der Waals surface area contributed by atoms with Gasteiger partial charge in [0.15, 0.2) is 11.0 Å². The second-order valence-corrected chi connectivity index (χ2v) is 10.2. The molecular weight excluding hydrogens is 548 g/mol. The number of aromatic hydroxyl groups is 3. The minimum atomic E-state index is -1.97. The summed E-state index contributed by atoms with van der Waals surface area (Å²) in [6.07, 6.45) is -16.9. The molecule has 0 saturated carbocycles. The van der Waals surface area contributed by atoms with E-state index >= 15 is 0 Å². The summed E-state index contributed by atoms with van der Waals surface area (Å²) in [6.45, 7) is 0.540. The third-order valence-electron chi connectivity index (χ3n) is 7.66. The highest BCUT2D eigenvalue weighted by Crippen LogP contribution is 2.50. The Balaban J connectivity index is 1.82. The van der Waals surface area contributed by atoms with Gasteiger partial charge in [-0.25, -0.2) is 0 Å². The molecule has 0 radical (unpaired) electrons. The number of aliphatic hydroxyl groups is 7. The van der Waals surface area contributed by atoms with Gasteiger partial charge in [0.2, 0.25) is 0 Å².